The van der Waals surface area contributed by atoms with Crippen LogP contribution in [0.5, 0.6) is 0 Å². The van der Waals surface area contributed by atoms with Crippen molar-refractivity contribution in [3.8, 4) is 14.8 Å². The first kappa shape index (κ1) is 29.6. The van der Waals surface area contributed by atoms with Crippen LogP contribution in [0.2, 0.25) is 0 Å². The monoisotopic (exact) mass is 235 g/mol. The fourth-order valence-electron chi connectivity index (χ4n) is 0.0866. The second kappa shape index (κ2) is 68.7. The third-order valence-corrected chi connectivity index (χ3v) is 1.16. The largest absolute Gasteiger partial charge is 3.00 e. The molecule has 0 amide bonds. The molecule has 0 spiro atoms. The first-order chi connectivity index (χ1) is 6.35. The van der Waals surface area contributed by atoms with Crippen molar-refractivity contribution >= 4 is 14.1 Å². The Kier molecular flexibility index (Phi) is 145. The van der Waals surface area contributed by atoms with Gasteiger partial charge in [-0.25, -0.2) is 15.8 Å². The minimum Gasteiger partial charge on any atom is -0.512 e. The zero-order chi connectivity index (χ0) is 11.7. The van der Waals surface area contributed by atoms with Gasteiger partial charge in [-0.05, 0) is 14.8 Å². The Bertz CT molecular complexity index is 226. The topological polar surface area (TPSA) is 143 Å². The number of rotatable bonds is 0. The van der Waals surface area contributed by atoms with Crippen LogP contribution >= 0.6 is 0 Å². The molecule has 0 aromatic rings. The molecule has 63 valence electrons. The molecule has 0 aliphatic heterocycles. The predicted molar refractivity (Wildman–Crippen MR) is 37.5 cm³/mol. The molecule has 0 saturated carbocycles. The van der Waals surface area contributed by atoms with Gasteiger partial charge in [0.05, 0.1) is 0 Å². The van der Waals surface area contributed by atoms with Crippen LogP contribution in [-0.2, 0) is 17.4 Å². The fourth-order valence-corrected chi connectivity index (χ4v) is 0.260. The summed E-state index contributed by atoms with van der Waals surface area (Å²) in [5, 5.41) is 42.4. The summed E-state index contributed by atoms with van der Waals surface area (Å²) < 4.78 is 0. The van der Waals surface area contributed by atoms with Gasteiger partial charge in [0.15, 0.2) is 0 Å². The van der Waals surface area contributed by atoms with Gasteiger partial charge in [0.25, 0.3) is 0 Å². The molecule has 6 nitrogen and oxygen atoms in total. The summed E-state index contributed by atoms with van der Waals surface area (Å²) in [6, 6.07) is 0. The van der Waals surface area contributed by atoms with Crippen molar-refractivity contribution in [3.63, 3.8) is 0 Å². The van der Waals surface area contributed by atoms with Crippen LogP contribution in [0.15, 0.2) is 0 Å². The SMILES string of the molecule is N#[C][Al]([C]#N)[C]#N.[C-]#N.[C-]#N.[C-]#N.[Cr+3]. The molecule has 0 unspecified atom stereocenters. The summed E-state index contributed by atoms with van der Waals surface area (Å²) in [7, 11) is 0. The molecule has 0 rings (SSSR count). The van der Waals surface area contributed by atoms with Crippen molar-refractivity contribution in [1.82, 2.24) is 0 Å². The molecule has 0 saturated heterocycles. The van der Waals surface area contributed by atoms with Gasteiger partial charge in [0.1, 0.15) is 0 Å². The summed E-state index contributed by atoms with van der Waals surface area (Å²) >= 11 is -2.25. The Hall–Kier alpha value is -2.00. The van der Waals surface area contributed by atoms with Crippen LogP contribution in [0.1, 0.15) is 0 Å². The van der Waals surface area contributed by atoms with E-state index in [2.05, 4.69) is 0 Å². The molecule has 0 aliphatic rings. The standard InChI is InChI=1S/6CN.Al.Cr/c6*1-2;;/q;;;3*-1;;+3. The van der Waals surface area contributed by atoms with Gasteiger partial charge in [-0.2, -0.15) is 0 Å². The van der Waals surface area contributed by atoms with E-state index in [9.17, 15) is 0 Å². The van der Waals surface area contributed by atoms with Gasteiger partial charge < -0.3 is 35.5 Å². The van der Waals surface area contributed by atoms with E-state index in [1.807, 2.05) is 0 Å². The van der Waals surface area contributed by atoms with Gasteiger partial charge >= 0.3 is 31.5 Å². The number of nitriles is 3. The Balaban J connectivity index is -0.0000000332. The summed E-state index contributed by atoms with van der Waals surface area (Å²) in [5.74, 6) is 0. The Morgan fingerprint density at radius 1 is 0.643 bits per heavy atom. The van der Waals surface area contributed by atoms with Crippen molar-refractivity contribution in [3.05, 3.63) is 19.7 Å². The third-order valence-electron chi connectivity index (χ3n) is 0.387. The van der Waals surface area contributed by atoms with Crippen LogP contribution in [0.4, 0.5) is 0 Å². The predicted octanol–water partition coefficient (Wildman–Crippen LogP) is -0.0439. The molecular weight excluding hydrogens is 235 g/mol. The summed E-state index contributed by atoms with van der Waals surface area (Å²) in [5.41, 5.74) is 0. The van der Waals surface area contributed by atoms with Crippen molar-refractivity contribution in [2.45, 2.75) is 0 Å². The molecule has 0 fully saturated rings. The van der Waals surface area contributed by atoms with Gasteiger partial charge in [-0.1, -0.05) is 0 Å². The third kappa shape index (κ3) is 50.6. The van der Waals surface area contributed by atoms with Gasteiger partial charge in [-0.3, -0.25) is 0 Å². The molecule has 0 atom stereocenters. The van der Waals surface area contributed by atoms with E-state index in [0.29, 0.717) is 0 Å². The van der Waals surface area contributed by atoms with Gasteiger partial charge in [-0.15, -0.1) is 0 Å². The van der Waals surface area contributed by atoms with Crippen molar-refractivity contribution in [1.29, 1.82) is 31.6 Å². The second-order valence-electron chi connectivity index (χ2n) is 0.820. The first-order valence-electron chi connectivity index (χ1n) is 2.21. The molecular formula is C6AlCrN6. The zero-order valence-electron chi connectivity index (χ0n) is 6.67. The molecule has 0 heterocycles. The van der Waals surface area contributed by atoms with E-state index in [1.165, 1.54) is 0 Å². The van der Waals surface area contributed by atoms with Crippen molar-refractivity contribution in [2.75, 3.05) is 0 Å². The number of hydrogen-bond donors (Lipinski definition) is 0. The maximum atomic E-state index is 7.89. The number of hydrogen-bond acceptors (Lipinski definition) is 6. The van der Waals surface area contributed by atoms with Crippen LogP contribution in [0.3, 0.4) is 0 Å². The van der Waals surface area contributed by atoms with Gasteiger partial charge in [0, 0.05) is 0 Å². The van der Waals surface area contributed by atoms with Crippen LogP contribution in [-0.4, -0.2) is 14.1 Å². The maximum Gasteiger partial charge on any atom is 3.00 e. The quantitative estimate of drug-likeness (QED) is 0.425. The molecule has 0 aliphatic carbocycles. The van der Waals surface area contributed by atoms with E-state index >= 15 is 0 Å². The summed E-state index contributed by atoms with van der Waals surface area (Å²) in [4.78, 5) is 4.85. The van der Waals surface area contributed by atoms with Crippen LogP contribution < -0.4 is 0 Å². The van der Waals surface area contributed by atoms with E-state index < -0.39 is 14.1 Å². The fraction of sp³-hybridized carbons (Fsp3) is 0. The smallest absolute Gasteiger partial charge is 0.512 e. The van der Waals surface area contributed by atoms with Crippen molar-refractivity contribution in [2.24, 2.45) is 0 Å². The molecule has 0 aromatic carbocycles. The molecule has 0 bridgehead atoms. The van der Waals surface area contributed by atoms with Crippen LogP contribution in [0.25, 0.3) is 0 Å². The van der Waals surface area contributed by atoms with Crippen molar-refractivity contribution < 1.29 is 17.4 Å². The minimum absolute atomic E-state index is 0. The minimum atomic E-state index is -2.25. The average molecular weight is 235 g/mol. The number of nitrogens with zero attached hydrogens (tertiary/aromatic N) is 6. The zero-order valence-corrected chi connectivity index (χ0v) is 9.10. The molecule has 0 N–H and O–H groups in total. The molecule has 8 heteroatoms. The van der Waals surface area contributed by atoms with E-state index in [1.54, 1.807) is 14.8 Å². The Labute approximate surface area is 97.6 Å². The Morgan fingerprint density at radius 2 is 0.786 bits per heavy atom. The van der Waals surface area contributed by atoms with E-state index in [-0.39, 0.29) is 17.4 Å². The first-order valence-corrected chi connectivity index (χ1v) is 3.94. The normalized spacial score (nSPS) is 2.79. The Morgan fingerprint density at radius 3 is 0.786 bits per heavy atom. The summed E-state index contributed by atoms with van der Waals surface area (Å²) in [6.45, 7) is 14.2. The van der Waals surface area contributed by atoms with Gasteiger partial charge in [0.2, 0.25) is 0 Å². The summed E-state index contributed by atoms with van der Waals surface area (Å²) in [6.07, 6.45) is 0. The molecule has 1 radical (unpaired) electrons. The second-order valence-corrected chi connectivity index (χ2v) is 2.46. The maximum absolute atomic E-state index is 7.89. The molecule has 0 aromatic heterocycles. The van der Waals surface area contributed by atoms with E-state index in [4.69, 9.17) is 51.3 Å². The van der Waals surface area contributed by atoms with E-state index in [0.717, 1.165) is 0 Å². The average Bonchev–Trinajstić information content (AvgIpc) is 2.29. The van der Waals surface area contributed by atoms with Crippen LogP contribution in [0, 0.1) is 66.1 Å². The molecule has 14 heavy (non-hydrogen) atoms.